The summed E-state index contributed by atoms with van der Waals surface area (Å²) in [5.74, 6) is 0. The molecule has 0 aliphatic carbocycles. The Morgan fingerprint density at radius 1 is 1.20 bits per heavy atom. The summed E-state index contributed by atoms with van der Waals surface area (Å²) in [5.41, 5.74) is 1.94. The topological polar surface area (TPSA) is 57.9 Å². The summed E-state index contributed by atoms with van der Waals surface area (Å²) < 4.78 is 0. The fraction of sp³-hybridized carbons (Fsp3) is 0.286. The zero-order chi connectivity index (χ0) is 14.4. The predicted molar refractivity (Wildman–Crippen MR) is 81.7 cm³/mol. The molecule has 0 N–H and O–H groups in total. The van der Waals surface area contributed by atoms with Gasteiger partial charge in [-0.2, -0.15) is 0 Å². The minimum Gasteiger partial charge on any atom is -0.372 e. The van der Waals surface area contributed by atoms with Gasteiger partial charge in [-0.15, -0.1) is 10.2 Å². The molecule has 1 heterocycles. The molecule has 0 aliphatic rings. The van der Waals surface area contributed by atoms with Crippen LogP contribution in [0.3, 0.4) is 0 Å². The Morgan fingerprint density at radius 2 is 1.90 bits per heavy atom. The molecule has 1 aromatic carbocycles. The molecule has 0 radical (unpaired) electrons. The van der Waals surface area contributed by atoms with Crippen LogP contribution in [0, 0.1) is 0 Å². The Morgan fingerprint density at radius 3 is 2.45 bits per heavy atom. The molecule has 0 aliphatic heterocycles. The maximum absolute atomic E-state index is 10.5. The number of aldehydes is 1. The lowest BCUT2D eigenvalue weighted by Crippen LogP contribution is -2.21. The molecule has 0 saturated carbocycles. The third-order valence-corrected chi connectivity index (χ3v) is 3.66. The van der Waals surface area contributed by atoms with Gasteiger partial charge in [-0.25, -0.2) is 4.98 Å². The lowest BCUT2D eigenvalue weighted by molar-refractivity contribution is 0.112. The molecule has 0 fully saturated rings. The van der Waals surface area contributed by atoms with Crippen LogP contribution >= 0.6 is 11.3 Å². The van der Waals surface area contributed by atoms with E-state index in [0.29, 0.717) is 10.0 Å². The predicted octanol–water partition coefficient (Wildman–Crippen LogP) is 4.22. The average molecular weight is 288 g/mol. The smallest absolute Gasteiger partial charge is 0.230 e. The van der Waals surface area contributed by atoms with Crippen LogP contribution in [-0.2, 0) is 0 Å². The molecule has 0 unspecified atom stereocenters. The first-order chi connectivity index (χ1) is 9.76. The van der Waals surface area contributed by atoms with Crippen molar-refractivity contribution in [2.45, 2.75) is 13.8 Å². The largest absolute Gasteiger partial charge is 0.372 e. The number of carbonyl (C=O) groups is 1. The zero-order valence-electron chi connectivity index (χ0n) is 11.5. The molecule has 0 amide bonds. The number of rotatable bonds is 6. The maximum Gasteiger partial charge on any atom is 0.230 e. The highest BCUT2D eigenvalue weighted by Crippen LogP contribution is 2.24. The van der Waals surface area contributed by atoms with Crippen molar-refractivity contribution in [1.29, 1.82) is 0 Å². The minimum atomic E-state index is 0.486. The molecule has 1 aromatic heterocycles. The van der Waals surface area contributed by atoms with Crippen molar-refractivity contribution < 1.29 is 4.79 Å². The van der Waals surface area contributed by atoms with Gasteiger partial charge >= 0.3 is 0 Å². The summed E-state index contributed by atoms with van der Waals surface area (Å²) in [7, 11) is 0. The number of carbonyl (C=O) groups excluding carboxylic acids is 1. The number of anilines is 1. The monoisotopic (exact) mass is 288 g/mol. The number of aromatic nitrogens is 1. The van der Waals surface area contributed by atoms with Crippen molar-refractivity contribution in [3.05, 3.63) is 35.3 Å². The second-order valence-corrected chi connectivity index (χ2v) is 5.09. The number of hydrogen-bond donors (Lipinski definition) is 0. The molecule has 2 rings (SSSR count). The normalized spacial score (nSPS) is 10.9. The second kappa shape index (κ2) is 6.91. The van der Waals surface area contributed by atoms with Crippen LogP contribution in [0.25, 0.3) is 0 Å². The van der Waals surface area contributed by atoms with Crippen molar-refractivity contribution in [2.24, 2.45) is 10.2 Å². The van der Waals surface area contributed by atoms with E-state index in [4.69, 9.17) is 0 Å². The van der Waals surface area contributed by atoms with Gasteiger partial charge in [0.15, 0.2) is 6.29 Å². The molecule has 0 atom stereocenters. The van der Waals surface area contributed by atoms with Gasteiger partial charge in [0.05, 0.1) is 16.8 Å². The van der Waals surface area contributed by atoms with E-state index in [0.717, 1.165) is 25.1 Å². The highest BCUT2D eigenvalue weighted by molar-refractivity contribution is 7.16. The van der Waals surface area contributed by atoms with E-state index in [1.807, 2.05) is 24.3 Å². The van der Waals surface area contributed by atoms with Gasteiger partial charge in [-0.3, -0.25) is 4.79 Å². The zero-order valence-corrected chi connectivity index (χ0v) is 12.3. The summed E-state index contributed by atoms with van der Waals surface area (Å²) >= 11 is 1.22. The second-order valence-electron chi connectivity index (χ2n) is 4.05. The Hall–Kier alpha value is -2.08. The Labute approximate surface area is 122 Å². The van der Waals surface area contributed by atoms with Crippen LogP contribution in [0.2, 0.25) is 0 Å². The molecule has 0 spiro atoms. The van der Waals surface area contributed by atoms with Crippen molar-refractivity contribution in [1.82, 2.24) is 4.98 Å². The van der Waals surface area contributed by atoms with Gasteiger partial charge in [-0.1, -0.05) is 11.3 Å². The first-order valence-corrected chi connectivity index (χ1v) is 7.26. The van der Waals surface area contributed by atoms with Crippen LogP contribution in [0.5, 0.6) is 0 Å². The Balaban J connectivity index is 2.08. The van der Waals surface area contributed by atoms with Crippen molar-refractivity contribution in [3.8, 4) is 0 Å². The molecule has 0 saturated heterocycles. The van der Waals surface area contributed by atoms with E-state index < -0.39 is 0 Å². The molecule has 104 valence electrons. The van der Waals surface area contributed by atoms with Crippen LogP contribution in [0.15, 0.2) is 40.7 Å². The Bertz CT molecular complexity index is 587. The molecule has 0 bridgehead atoms. The lowest BCUT2D eigenvalue weighted by Gasteiger charge is -2.20. The van der Waals surface area contributed by atoms with Gasteiger partial charge in [0.25, 0.3) is 0 Å². The SMILES string of the molecule is CCN(CC)c1ccc(N=Nc2ncc(C=O)s2)cc1. The third-order valence-electron chi connectivity index (χ3n) is 2.86. The quantitative estimate of drug-likeness (QED) is 0.590. The molecule has 20 heavy (non-hydrogen) atoms. The summed E-state index contributed by atoms with van der Waals surface area (Å²) in [6, 6.07) is 7.90. The van der Waals surface area contributed by atoms with E-state index >= 15 is 0 Å². The van der Waals surface area contributed by atoms with Crippen molar-refractivity contribution in [2.75, 3.05) is 18.0 Å². The summed E-state index contributed by atoms with van der Waals surface area (Å²) in [6.45, 7) is 6.21. The number of hydrogen-bond acceptors (Lipinski definition) is 6. The van der Waals surface area contributed by atoms with E-state index in [-0.39, 0.29) is 0 Å². The Kier molecular flexibility index (Phi) is 4.95. The van der Waals surface area contributed by atoms with E-state index in [9.17, 15) is 4.79 Å². The van der Waals surface area contributed by atoms with Gasteiger partial charge in [0, 0.05) is 18.8 Å². The maximum atomic E-state index is 10.5. The van der Waals surface area contributed by atoms with Crippen LogP contribution in [-0.4, -0.2) is 24.4 Å². The van der Waals surface area contributed by atoms with E-state index in [2.05, 4.69) is 34.0 Å². The van der Waals surface area contributed by atoms with Gasteiger partial charge in [0.2, 0.25) is 5.13 Å². The molecule has 5 nitrogen and oxygen atoms in total. The summed E-state index contributed by atoms with van der Waals surface area (Å²) in [5, 5.41) is 8.62. The van der Waals surface area contributed by atoms with Crippen LogP contribution < -0.4 is 4.90 Å². The summed E-state index contributed by atoms with van der Waals surface area (Å²) in [4.78, 5) is 17.4. The van der Waals surface area contributed by atoms with Gasteiger partial charge in [0.1, 0.15) is 0 Å². The minimum absolute atomic E-state index is 0.486. The van der Waals surface area contributed by atoms with Gasteiger partial charge < -0.3 is 4.90 Å². The van der Waals surface area contributed by atoms with Gasteiger partial charge in [-0.05, 0) is 38.1 Å². The van der Waals surface area contributed by atoms with Crippen LogP contribution in [0.4, 0.5) is 16.5 Å². The molecular weight excluding hydrogens is 272 g/mol. The number of thiazole rings is 1. The first-order valence-electron chi connectivity index (χ1n) is 6.44. The highest BCUT2D eigenvalue weighted by atomic mass is 32.1. The lowest BCUT2D eigenvalue weighted by atomic mass is 10.2. The standard InChI is InChI=1S/C14H16N4OS/c1-3-18(4-2)12-7-5-11(6-8-12)16-17-14-15-9-13(10-19)20-14/h5-10H,3-4H2,1-2H3. The number of azo groups is 1. The number of nitrogens with zero attached hydrogens (tertiary/aromatic N) is 4. The highest BCUT2D eigenvalue weighted by Gasteiger charge is 2.01. The van der Waals surface area contributed by atoms with E-state index in [1.54, 1.807) is 0 Å². The average Bonchev–Trinajstić information content (AvgIpc) is 2.96. The fourth-order valence-corrected chi connectivity index (χ4v) is 2.35. The van der Waals surface area contributed by atoms with Crippen molar-refractivity contribution >= 4 is 34.1 Å². The number of benzene rings is 1. The summed E-state index contributed by atoms with van der Waals surface area (Å²) in [6.07, 6.45) is 2.26. The third kappa shape index (κ3) is 3.48. The molecule has 2 aromatic rings. The first kappa shape index (κ1) is 14.3. The van der Waals surface area contributed by atoms with Crippen molar-refractivity contribution in [3.63, 3.8) is 0 Å². The molecular formula is C14H16N4OS. The van der Waals surface area contributed by atoms with Crippen LogP contribution in [0.1, 0.15) is 23.5 Å². The molecule has 6 heteroatoms. The van der Waals surface area contributed by atoms with E-state index in [1.165, 1.54) is 23.2 Å². The fourth-order valence-electron chi connectivity index (χ4n) is 1.80.